The third-order valence-corrected chi connectivity index (χ3v) is 6.30. The number of amides is 2. The van der Waals surface area contributed by atoms with Gasteiger partial charge in [-0.25, -0.2) is 23.9 Å². The van der Waals surface area contributed by atoms with E-state index in [1.54, 1.807) is 39.8 Å². The standard InChI is InChI=1S/C29H26FN5O7/c1-16-22(15-32-26-25(16)34(9-10-40-26)28(37)42-29(2,3)4)21-11-17-13-24(31-14-18(17)12-23(21)30)33-27(36)41-20-7-5-19(6-8-20)35(38)39/h5-8,11-15H,9-10H2,1-4H3,(H,31,33,36). The van der Waals surface area contributed by atoms with Gasteiger partial charge in [0.25, 0.3) is 5.69 Å². The van der Waals surface area contributed by atoms with E-state index in [-0.39, 0.29) is 41.8 Å². The summed E-state index contributed by atoms with van der Waals surface area (Å²) in [5, 5.41) is 14.3. The van der Waals surface area contributed by atoms with Crippen LogP contribution >= 0.6 is 0 Å². The summed E-state index contributed by atoms with van der Waals surface area (Å²) < 4.78 is 31.8. The summed E-state index contributed by atoms with van der Waals surface area (Å²) in [6.07, 6.45) is 1.46. The Balaban J connectivity index is 1.43. The summed E-state index contributed by atoms with van der Waals surface area (Å²) in [5.41, 5.74) is 0.775. The quantitative estimate of drug-likeness (QED) is 0.216. The van der Waals surface area contributed by atoms with Crippen molar-refractivity contribution in [3.63, 3.8) is 0 Å². The number of nitro groups is 1. The molecule has 0 atom stereocenters. The van der Waals surface area contributed by atoms with Gasteiger partial charge in [-0.05, 0) is 69.0 Å². The van der Waals surface area contributed by atoms with Gasteiger partial charge < -0.3 is 14.2 Å². The molecule has 13 heteroatoms. The summed E-state index contributed by atoms with van der Waals surface area (Å²) in [4.78, 5) is 45.6. The van der Waals surface area contributed by atoms with Crippen molar-refractivity contribution in [1.82, 2.24) is 9.97 Å². The average molecular weight is 576 g/mol. The van der Waals surface area contributed by atoms with E-state index in [9.17, 15) is 19.7 Å². The number of benzene rings is 2. The fourth-order valence-electron chi connectivity index (χ4n) is 4.42. The first-order chi connectivity index (χ1) is 19.9. The number of hydrogen-bond acceptors (Lipinski definition) is 9. The highest BCUT2D eigenvalue weighted by Crippen LogP contribution is 2.40. The Bertz CT molecular complexity index is 1720. The molecule has 2 aromatic heterocycles. The second-order valence-electron chi connectivity index (χ2n) is 10.4. The van der Waals surface area contributed by atoms with E-state index in [1.165, 1.54) is 47.6 Å². The van der Waals surface area contributed by atoms with Gasteiger partial charge in [0.05, 0.1) is 11.5 Å². The summed E-state index contributed by atoms with van der Waals surface area (Å²) >= 11 is 0. The van der Waals surface area contributed by atoms with Gasteiger partial charge >= 0.3 is 12.2 Å². The fourth-order valence-corrected chi connectivity index (χ4v) is 4.42. The molecule has 0 saturated heterocycles. The molecule has 42 heavy (non-hydrogen) atoms. The molecule has 3 heterocycles. The molecule has 0 aliphatic carbocycles. The predicted molar refractivity (Wildman–Crippen MR) is 151 cm³/mol. The van der Waals surface area contributed by atoms with Crippen LogP contribution in [-0.2, 0) is 4.74 Å². The number of ether oxygens (including phenoxy) is 3. The third-order valence-electron chi connectivity index (χ3n) is 6.30. The van der Waals surface area contributed by atoms with E-state index in [0.29, 0.717) is 27.6 Å². The highest BCUT2D eigenvalue weighted by molar-refractivity contribution is 5.95. The lowest BCUT2D eigenvalue weighted by molar-refractivity contribution is -0.384. The minimum atomic E-state index is -0.866. The van der Waals surface area contributed by atoms with Crippen molar-refractivity contribution >= 4 is 40.2 Å². The second-order valence-corrected chi connectivity index (χ2v) is 10.4. The number of rotatable bonds is 4. The van der Waals surface area contributed by atoms with Crippen molar-refractivity contribution in [2.24, 2.45) is 0 Å². The van der Waals surface area contributed by atoms with Crippen molar-refractivity contribution in [1.29, 1.82) is 0 Å². The first kappa shape index (κ1) is 28.2. The number of nitrogens with one attached hydrogen (secondary N) is 1. The molecule has 0 unspecified atom stereocenters. The van der Waals surface area contributed by atoms with Crippen LogP contribution < -0.4 is 19.7 Å². The van der Waals surface area contributed by atoms with Crippen LogP contribution in [0.5, 0.6) is 11.6 Å². The maximum absolute atomic E-state index is 15.4. The number of halogens is 1. The first-order valence-corrected chi connectivity index (χ1v) is 12.9. The van der Waals surface area contributed by atoms with E-state index in [1.807, 2.05) is 0 Å². The molecule has 12 nitrogen and oxygen atoms in total. The summed E-state index contributed by atoms with van der Waals surface area (Å²) in [7, 11) is 0. The van der Waals surface area contributed by atoms with Gasteiger partial charge in [-0.2, -0.15) is 0 Å². The number of nitro benzene ring substituents is 1. The molecule has 0 spiro atoms. The Morgan fingerprint density at radius 1 is 1.07 bits per heavy atom. The zero-order chi connectivity index (χ0) is 30.2. The monoisotopic (exact) mass is 575 g/mol. The molecule has 0 fully saturated rings. The van der Waals surface area contributed by atoms with Gasteiger partial charge in [-0.1, -0.05) is 0 Å². The molecule has 0 radical (unpaired) electrons. The number of carbonyl (C=O) groups is 2. The number of pyridine rings is 2. The van der Waals surface area contributed by atoms with Gasteiger partial charge in [0, 0.05) is 41.0 Å². The molecular weight excluding hydrogens is 549 g/mol. The lowest BCUT2D eigenvalue weighted by Crippen LogP contribution is -2.42. The maximum Gasteiger partial charge on any atom is 0.418 e. The Hall–Kier alpha value is -5.33. The minimum absolute atomic E-state index is 0.100. The normalized spacial score (nSPS) is 12.7. The van der Waals surface area contributed by atoms with Crippen molar-refractivity contribution in [2.45, 2.75) is 33.3 Å². The molecule has 0 saturated carbocycles. The van der Waals surface area contributed by atoms with E-state index in [4.69, 9.17) is 14.2 Å². The second kappa shape index (κ2) is 10.9. The van der Waals surface area contributed by atoms with Crippen LogP contribution in [0.3, 0.4) is 0 Å². The van der Waals surface area contributed by atoms with Crippen molar-refractivity contribution in [3.05, 3.63) is 76.4 Å². The lowest BCUT2D eigenvalue weighted by Gasteiger charge is -2.32. The van der Waals surface area contributed by atoms with Gasteiger partial charge in [0.15, 0.2) is 0 Å². The van der Waals surface area contributed by atoms with Crippen LogP contribution in [0.4, 0.5) is 31.2 Å². The molecule has 1 aliphatic heterocycles. The molecule has 2 amide bonds. The largest absolute Gasteiger partial charge is 0.474 e. The molecule has 5 rings (SSSR count). The highest BCUT2D eigenvalue weighted by atomic mass is 19.1. The molecule has 1 N–H and O–H groups in total. The van der Waals surface area contributed by atoms with Crippen LogP contribution in [0.2, 0.25) is 0 Å². The maximum atomic E-state index is 15.4. The smallest absolute Gasteiger partial charge is 0.418 e. The number of fused-ring (bicyclic) bond motifs is 2. The van der Waals surface area contributed by atoms with Crippen molar-refractivity contribution in [3.8, 4) is 22.8 Å². The lowest BCUT2D eigenvalue weighted by atomic mass is 9.98. The fraction of sp³-hybridized carbons (Fsp3) is 0.241. The minimum Gasteiger partial charge on any atom is -0.474 e. The average Bonchev–Trinajstić information content (AvgIpc) is 2.92. The Kier molecular flexibility index (Phi) is 7.33. The topological polar surface area (TPSA) is 146 Å². The van der Waals surface area contributed by atoms with E-state index >= 15 is 4.39 Å². The SMILES string of the molecule is Cc1c(-c2cc3cc(NC(=O)Oc4ccc([N+](=O)[O-])cc4)ncc3cc2F)cnc2c1N(C(=O)OC(C)(C)C)CCO2. The Labute approximate surface area is 239 Å². The van der Waals surface area contributed by atoms with Gasteiger partial charge in [-0.15, -0.1) is 0 Å². The zero-order valence-corrected chi connectivity index (χ0v) is 23.1. The van der Waals surface area contributed by atoms with Crippen LogP contribution in [0.25, 0.3) is 21.9 Å². The highest BCUT2D eigenvalue weighted by Gasteiger charge is 2.32. The van der Waals surface area contributed by atoms with Crippen LogP contribution in [0.15, 0.2) is 54.9 Å². The number of nitrogens with zero attached hydrogens (tertiary/aromatic N) is 4. The molecule has 1 aliphatic rings. The van der Waals surface area contributed by atoms with E-state index in [0.717, 1.165) is 0 Å². The number of non-ortho nitro benzene ring substituents is 1. The number of aromatic nitrogens is 2. The number of hydrogen-bond donors (Lipinski definition) is 1. The van der Waals surface area contributed by atoms with Crippen molar-refractivity contribution in [2.75, 3.05) is 23.4 Å². The van der Waals surface area contributed by atoms with Crippen LogP contribution in [-0.4, -0.2) is 45.8 Å². The third kappa shape index (κ3) is 5.89. The predicted octanol–water partition coefficient (Wildman–Crippen LogP) is 6.40. The van der Waals surface area contributed by atoms with Crippen LogP contribution in [0, 0.1) is 22.9 Å². The Morgan fingerprint density at radius 2 is 1.81 bits per heavy atom. The van der Waals surface area contributed by atoms with Gasteiger partial charge in [0.2, 0.25) is 5.88 Å². The zero-order valence-electron chi connectivity index (χ0n) is 23.1. The molecule has 216 valence electrons. The van der Waals surface area contributed by atoms with E-state index < -0.39 is 28.5 Å². The van der Waals surface area contributed by atoms with Gasteiger partial charge in [0.1, 0.15) is 35.3 Å². The summed E-state index contributed by atoms with van der Waals surface area (Å²) in [6.45, 7) is 7.53. The summed E-state index contributed by atoms with van der Waals surface area (Å²) in [6, 6.07) is 9.48. The Morgan fingerprint density at radius 3 is 2.50 bits per heavy atom. The van der Waals surface area contributed by atoms with Crippen LogP contribution in [0.1, 0.15) is 26.3 Å². The van der Waals surface area contributed by atoms with E-state index in [2.05, 4.69) is 15.3 Å². The molecule has 4 aromatic rings. The van der Waals surface area contributed by atoms with Crippen molar-refractivity contribution < 1.29 is 33.1 Å². The summed E-state index contributed by atoms with van der Waals surface area (Å²) in [5.74, 6) is -0.0513. The first-order valence-electron chi connectivity index (χ1n) is 12.9. The molecule has 2 aromatic carbocycles. The number of carbonyl (C=O) groups excluding carboxylic acids is 2. The molecule has 0 bridgehead atoms. The molecular formula is C29H26FN5O7. The number of anilines is 2. The van der Waals surface area contributed by atoms with Gasteiger partial charge in [-0.3, -0.25) is 20.3 Å².